The zero-order valence-electron chi connectivity index (χ0n) is 22.8. The molecular formula is C28H42O8. The monoisotopic (exact) mass is 506 g/mol. The number of carbonyl (C=O) groups excluding carboxylic acids is 4. The fourth-order valence-corrected chi connectivity index (χ4v) is 5.58. The Bertz CT molecular complexity index is 901. The highest BCUT2D eigenvalue weighted by Crippen LogP contribution is 2.54. The molecule has 36 heavy (non-hydrogen) atoms. The van der Waals surface area contributed by atoms with Gasteiger partial charge >= 0.3 is 17.9 Å². The Balaban J connectivity index is 2.56. The third-order valence-corrected chi connectivity index (χ3v) is 7.78. The van der Waals surface area contributed by atoms with Crippen LogP contribution in [0.25, 0.3) is 0 Å². The average Bonchev–Trinajstić information content (AvgIpc) is 3.11. The molecule has 0 amide bonds. The van der Waals surface area contributed by atoms with Gasteiger partial charge in [0.05, 0.1) is 17.9 Å². The maximum atomic E-state index is 13.2. The number of fused-ring (bicyclic) bond motifs is 1. The second-order valence-electron chi connectivity index (χ2n) is 10.7. The van der Waals surface area contributed by atoms with Crippen LogP contribution in [-0.2, 0) is 33.4 Å². The first-order chi connectivity index (χ1) is 16.7. The summed E-state index contributed by atoms with van der Waals surface area (Å²) in [5, 5.41) is 9.76. The third-order valence-electron chi connectivity index (χ3n) is 7.78. The smallest absolute Gasteiger partial charge is 0.331 e. The van der Waals surface area contributed by atoms with Gasteiger partial charge in [-0.05, 0) is 56.1 Å². The van der Waals surface area contributed by atoms with Gasteiger partial charge < -0.3 is 19.3 Å². The minimum absolute atomic E-state index is 0.0469. The first-order valence-corrected chi connectivity index (χ1v) is 12.9. The summed E-state index contributed by atoms with van der Waals surface area (Å²) >= 11 is 0. The van der Waals surface area contributed by atoms with E-state index < -0.39 is 48.2 Å². The van der Waals surface area contributed by atoms with Gasteiger partial charge in [0, 0.05) is 25.3 Å². The fourth-order valence-electron chi connectivity index (χ4n) is 5.58. The second-order valence-corrected chi connectivity index (χ2v) is 10.7. The van der Waals surface area contributed by atoms with Crippen molar-refractivity contribution < 1.29 is 38.5 Å². The predicted octanol–water partition coefficient (Wildman–Crippen LogP) is 3.80. The van der Waals surface area contributed by atoms with Gasteiger partial charge in [-0.2, -0.15) is 0 Å². The number of rotatable bonds is 9. The topological polar surface area (TPSA) is 116 Å². The molecule has 2 rings (SSSR count). The zero-order valence-corrected chi connectivity index (χ0v) is 22.8. The summed E-state index contributed by atoms with van der Waals surface area (Å²) in [5.74, 6) is -3.55. The first kappa shape index (κ1) is 29.7. The maximum Gasteiger partial charge on any atom is 0.331 e. The van der Waals surface area contributed by atoms with Gasteiger partial charge in [0.2, 0.25) is 0 Å². The van der Waals surface area contributed by atoms with Crippen molar-refractivity contribution in [2.75, 3.05) is 0 Å². The Hall–Kier alpha value is -2.48. The number of aliphatic hydroxyl groups excluding tert-OH is 1. The molecule has 8 heteroatoms. The number of hydrogen-bond donors (Lipinski definition) is 1. The van der Waals surface area contributed by atoms with Crippen LogP contribution in [-0.4, -0.2) is 53.2 Å². The van der Waals surface area contributed by atoms with E-state index in [2.05, 4.69) is 6.58 Å². The van der Waals surface area contributed by atoms with Gasteiger partial charge in [0.15, 0.2) is 6.10 Å². The Morgan fingerprint density at radius 3 is 2.22 bits per heavy atom. The van der Waals surface area contributed by atoms with E-state index in [-0.39, 0.29) is 41.8 Å². The Morgan fingerprint density at radius 1 is 1.11 bits per heavy atom. The fraction of sp³-hybridized carbons (Fsp3) is 0.714. The highest BCUT2D eigenvalue weighted by atomic mass is 16.6. The molecule has 202 valence electrons. The van der Waals surface area contributed by atoms with E-state index in [1.807, 2.05) is 20.8 Å². The van der Waals surface area contributed by atoms with Crippen LogP contribution >= 0.6 is 0 Å². The lowest BCUT2D eigenvalue weighted by molar-refractivity contribution is -0.182. The van der Waals surface area contributed by atoms with E-state index in [1.54, 1.807) is 27.7 Å². The number of ketones is 1. The summed E-state index contributed by atoms with van der Waals surface area (Å²) in [7, 11) is 0. The molecule has 2 fully saturated rings. The van der Waals surface area contributed by atoms with Crippen molar-refractivity contribution >= 4 is 23.7 Å². The van der Waals surface area contributed by atoms with E-state index in [9.17, 15) is 24.3 Å². The van der Waals surface area contributed by atoms with Crippen molar-refractivity contribution in [1.82, 2.24) is 0 Å². The van der Waals surface area contributed by atoms with E-state index in [1.165, 1.54) is 13.0 Å². The number of aliphatic hydroxyl groups is 1. The average molecular weight is 507 g/mol. The Labute approximate surface area is 214 Å². The predicted molar refractivity (Wildman–Crippen MR) is 133 cm³/mol. The number of esters is 3. The number of ether oxygens (including phenoxy) is 3. The second kappa shape index (κ2) is 12.2. The van der Waals surface area contributed by atoms with Gasteiger partial charge in [-0.25, -0.2) is 4.79 Å². The normalized spacial score (nSPS) is 30.9. The number of hydrogen-bond acceptors (Lipinski definition) is 8. The summed E-state index contributed by atoms with van der Waals surface area (Å²) < 4.78 is 17.3. The maximum absolute atomic E-state index is 13.2. The van der Waals surface area contributed by atoms with Crippen LogP contribution in [0.15, 0.2) is 23.8 Å². The van der Waals surface area contributed by atoms with Gasteiger partial charge in [0.1, 0.15) is 18.0 Å². The lowest BCUT2D eigenvalue weighted by atomic mass is 9.62. The largest absolute Gasteiger partial charge is 0.462 e. The molecule has 0 aromatic carbocycles. The third kappa shape index (κ3) is 6.44. The Morgan fingerprint density at radius 2 is 1.72 bits per heavy atom. The summed E-state index contributed by atoms with van der Waals surface area (Å²) in [6.45, 7) is 18.0. The molecule has 8 nitrogen and oxygen atoms in total. The first-order valence-electron chi connectivity index (χ1n) is 12.9. The van der Waals surface area contributed by atoms with E-state index in [4.69, 9.17) is 14.2 Å². The molecule has 0 saturated heterocycles. The molecule has 0 bridgehead atoms. The van der Waals surface area contributed by atoms with Crippen LogP contribution in [0.2, 0.25) is 0 Å². The van der Waals surface area contributed by atoms with Gasteiger partial charge in [0.25, 0.3) is 0 Å². The van der Waals surface area contributed by atoms with Gasteiger partial charge in [-0.1, -0.05) is 34.3 Å². The molecular weight excluding hydrogens is 464 g/mol. The van der Waals surface area contributed by atoms with Crippen molar-refractivity contribution in [1.29, 1.82) is 0 Å². The van der Waals surface area contributed by atoms with Gasteiger partial charge in [-0.15, -0.1) is 0 Å². The van der Waals surface area contributed by atoms with E-state index in [0.29, 0.717) is 17.6 Å². The molecule has 0 heterocycles. The highest BCUT2D eigenvalue weighted by molar-refractivity contribution is 5.86. The van der Waals surface area contributed by atoms with E-state index >= 15 is 0 Å². The number of carbonyl (C=O) groups is 4. The standard InChI is InChI=1S/C28H42O8/c1-10-14(4)28(33)36-27-23(13(2)3)25-20(12-21(31)24(25)18(8)34-19(9)30)16(6)26(27)35-22(32)11-15(5)17(7)29/h11,13-14,17-18,20,23-27,29H,6,10,12H2,1-5,7-9H3. The minimum Gasteiger partial charge on any atom is -0.462 e. The highest BCUT2D eigenvalue weighted by Gasteiger charge is 2.60. The van der Waals surface area contributed by atoms with Crippen molar-refractivity contribution in [3.8, 4) is 0 Å². The summed E-state index contributed by atoms with van der Waals surface area (Å²) in [6.07, 6.45) is -1.30. The lowest BCUT2D eigenvalue weighted by Gasteiger charge is -2.48. The van der Waals surface area contributed by atoms with Crippen molar-refractivity contribution in [3.63, 3.8) is 0 Å². The quantitative estimate of drug-likeness (QED) is 0.217. The van der Waals surface area contributed by atoms with Crippen LogP contribution in [0, 0.1) is 35.5 Å². The summed E-state index contributed by atoms with van der Waals surface area (Å²) in [6, 6.07) is 0. The summed E-state index contributed by atoms with van der Waals surface area (Å²) in [5.41, 5.74) is 0.945. The molecule has 0 aromatic heterocycles. The lowest BCUT2D eigenvalue weighted by Crippen LogP contribution is -2.55. The molecule has 0 aromatic rings. The molecule has 2 saturated carbocycles. The Kier molecular flexibility index (Phi) is 10.1. The molecule has 0 aliphatic heterocycles. The minimum atomic E-state index is -0.951. The molecule has 1 N–H and O–H groups in total. The van der Waals surface area contributed by atoms with Crippen LogP contribution < -0.4 is 0 Å². The SMILES string of the molecule is C=C1C2CC(=O)C(C(C)OC(C)=O)C2C(C(C)C)C(OC(=O)C(C)CC)C1OC(=O)C=C(C)C(C)O. The van der Waals surface area contributed by atoms with Crippen molar-refractivity contribution in [3.05, 3.63) is 23.8 Å². The molecule has 0 radical (unpaired) electrons. The zero-order chi connectivity index (χ0) is 27.5. The van der Waals surface area contributed by atoms with Crippen LogP contribution in [0.5, 0.6) is 0 Å². The van der Waals surface area contributed by atoms with Crippen molar-refractivity contribution in [2.24, 2.45) is 35.5 Å². The molecule has 2 aliphatic carbocycles. The number of Topliss-reactive ketones (excluding diaryl/α,β-unsaturated/α-hetero) is 1. The van der Waals surface area contributed by atoms with Crippen LogP contribution in [0.3, 0.4) is 0 Å². The summed E-state index contributed by atoms with van der Waals surface area (Å²) in [4.78, 5) is 50.7. The molecule has 9 atom stereocenters. The van der Waals surface area contributed by atoms with Gasteiger partial charge in [-0.3, -0.25) is 14.4 Å². The molecule has 0 spiro atoms. The molecule has 9 unspecified atom stereocenters. The van der Waals surface area contributed by atoms with Crippen molar-refractivity contribution in [2.45, 2.75) is 92.6 Å². The van der Waals surface area contributed by atoms with Crippen LogP contribution in [0.4, 0.5) is 0 Å². The van der Waals surface area contributed by atoms with E-state index in [0.717, 1.165) is 0 Å². The molecule has 2 aliphatic rings. The van der Waals surface area contributed by atoms with Crippen LogP contribution in [0.1, 0.15) is 68.2 Å².